The summed E-state index contributed by atoms with van der Waals surface area (Å²) in [4.78, 5) is 2.39. The Bertz CT molecular complexity index is 557. The number of fused-ring (bicyclic) bond motifs is 1. The third-order valence-corrected chi connectivity index (χ3v) is 2.39. The molecule has 0 saturated carbocycles. The van der Waals surface area contributed by atoms with Crippen molar-refractivity contribution in [3.8, 4) is 0 Å². The monoisotopic (exact) mass is 210 g/mol. The quantitative estimate of drug-likeness (QED) is 0.808. The maximum Gasteiger partial charge on any atom is 0.243 e. The van der Waals surface area contributed by atoms with Crippen LogP contribution in [-0.4, -0.2) is 19.3 Å². The summed E-state index contributed by atoms with van der Waals surface area (Å²) in [5, 5.41) is 1.00. The van der Waals surface area contributed by atoms with Crippen molar-refractivity contribution >= 4 is 20.9 Å². The maximum absolute atomic E-state index is 11.0. The number of benzene rings is 1. The Hall–Kier alpha value is -1.49. The molecule has 0 fully saturated rings. The normalized spacial score (nSPS) is 11.8. The Kier molecular flexibility index (Phi) is 1.96. The van der Waals surface area contributed by atoms with Gasteiger partial charge in [-0.2, -0.15) is 0 Å². The van der Waals surface area contributed by atoms with Crippen LogP contribution in [0.3, 0.4) is 0 Å². The number of aromatic nitrogens is 1. The van der Waals surface area contributed by atoms with Gasteiger partial charge in [-0.15, -0.1) is 0 Å². The number of hydrogen-bond donors (Lipinski definition) is 1. The van der Waals surface area contributed by atoms with Gasteiger partial charge >= 0.3 is 0 Å². The van der Waals surface area contributed by atoms with Crippen LogP contribution in [0.5, 0.6) is 0 Å². The van der Waals surface area contributed by atoms with Gasteiger partial charge < -0.3 is 0 Å². The SMILES string of the molecule is CS(=O)(=O)Nn1ccc2ccccc21. The zero-order chi connectivity index (χ0) is 10.2. The summed E-state index contributed by atoms with van der Waals surface area (Å²) in [7, 11) is -3.23. The Labute approximate surface area is 82.2 Å². The molecule has 74 valence electrons. The van der Waals surface area contributed by atoms with Gasteiger partial charge in [0.25, 0.3) is 0 Å². The lowest BCUT2D eigenvalue weighted by atomic mass is 10.3. The van der Waals surface area contributed by atoms with E-state index in [2.05, 4.69) is 4.83 Å². The van der Waals surface area contributed by atoms with Crippen molar-refractivity contribution in [1.29, 1.82) is 0 Å². The number of nitrogens with one attached hydrogen (secondary N) is 1. The van der Waals surface area contributed by atoms with Gasteiger partial charge in [0.15, 0.2) is 0 Å². The van der Waals surface area contributed by atoms with Crippen LogP contribution in [-0.2, 0) is 10.0 Å². The number of para-hydroxylation sites is 1. The van der Waals surface area contributed by atoms with Gasteiger partial charge in [-0.25, -0.2) is 13.2 Å². The van der Waals surface area contributed by atoms with E-state index in [1.807, 2.05) is 30.3 Å². The summed E-state index contributed by atoms with van der Waals surface area (Å²) in [6, 6.07) is 9.41. The first-order chi connectivity index (χ1) is 6.56. The summed E-state index contributed by atoms with van der Waals surface area (Å²) >= 11 is 0. The highest BCUT2D eigenvalue weighted by Gasteiger charge is 2.03. The third kappa shape index (κ3) is 1.72. The van der Waals surface area contributed by atoms with Crippen molar-refractivity contribution in [1.82, 2.24) is 4.68 Å². The molecule has 0 saturated heterocycles. The van der Waals surface area contributed by atoms with E-state index in [9.17, 15) is 8.42 Å². The Morgan fingerprint density at radius 3 is 2.64 bits per heavy atom. The van der Waals surface area contributed by atoms with Crippen molar-refractivity contribution in [2.45, 2.75) is 0 Å². The molecule has 0 atom stereocenters. The zero-order valence-corrected chi connectivity index (χ0v) is 8.45. The van der Waals surface area contributed by atoms with E-state index in [1.54, 1.807) is 6.20 Å². The molecule has 0 aliphatic carbocycles. The molecule has 4 nitrogen and oxygen atoms in total. The highest BCUT2D eigenvalue weighted by Crippen LogP contribution is 2.13. The summed E-state index contributed by atoms with van der Waals surface area (Å²) in [6.45, 7) is 0. The van der Waals surface area contributed by atoms with Crippen molar-refractivity contribution in [3.05, 3.63) is 36.5 Å². The topological polar surface area (TPSA) is 51.1 Å². The van der Waals surface area contributed by atoms with E-state index in [1.165, 1.54) is 4.68 Å². The van der Waals surface area contributed by atoms with Gasteiger partial charge in [0.1, 0.15) is 0 Å². The molecule has 1 aromatic heterocycles. The second-order valence-corrected chi connectivity index (χ2v) is 4.83. The Balaban J connectivity index is 2.54. The minimum atomic E-state index is -3.23. The molecular formula is C9H10N2O2S. The fourth-order valence-electron chi connectivity index (χ4n) is 1.34. The predicted molar refractivity (Wildman–Crippen MR) is 56.1 cm³/mol. The molecule has 2 aromatic rings. The van der Waals surface area contributed by atoms with E-state index < -0.39 is 10.0 Å². The number of nitrogens with zero attached hydrogens (tertiary/aromatic N) is 1. The van der Waals surface area contributed by atoms with Crippen molar-refractivity contribution < 1.29 is 8.42 Å². The van der Waals surface area contributed by atoms with Crippen LogP contribution >= 0.6 is 0 Å². The lowest BCUT2D eigenvalue weighted by molar-refractivity contribution is 0.602. The van der Waals surface area contributed by atoms with Gasteiger partial charge in [-0.05, 0) is 12.1 Å². The molecule has 14 heavy (non-hydrogen) atoms. The molecule has 0 spiro atoms. The van der Waals surface area contributed by atoms with Gasteiger partial charge in [0, 0.05) is 11.6 Å². The van der Waals surface area contributed by atoms with Crippen LogP contribution in [0.2, 0.25) is 0 Å². The molecule has 0 aliphatic rings. The minimum Gasteiger partial charge on any atom is -0.254 e. The van der Waals surface area contributed by atoms with Gasteiger partial charge in [-0.1, -0.05) is 18.2 Å². The second kappa shape index (κ2) is 3.02. The van der Waals surface area contributed by atoms with E-state index in [0.717, 1.165) is 17.2 Å². The molecule has 1 heterocycles. The molecule has 1 aromatic carbocycles. The second-order valence-electron chi connectivity index (χ2n) is 3.11. The standard InChI is InChI=1S/C9H10N2O2S/c1-14(12,13)10-11-7-6-8-4-2-3-5-9(8)11/h2-7,10H,1H3. The Morgan fingerprint density at radius 1 is 1.21 bits per heavy atom. The first-order valence-corrected chi connectivity index (χ1v) is 5.99. The minimum absolute atomic E-state index is 0.845. The van der Waals surface area contributed by atoms with E-state index in [4.69, 9.17) is 0 Å². The summed E-state index contributed by atoms with van der Waals surface area (Å²) in [5.41, 5.74) is 0.845. The highest BCUT2D eigenvalue weighted by molar-refractivity contribution is 7.91. The number of hydrogen-bond acceptors (Lipinski definition) is 2. The average Bonchev–Trinajstić information content (AvgIpc) is 2.47. The lowest BCUT2D eigenvalue weighted by Gasteiger charge is -2.05. The molecular weight excluding hydrogens is 200 g/mol. The van der Waals surface area contributed by atoms with Crippen LogP contribution in [0, 0.1) is 0 Å². The summed E-state index contributed by atoms with van der Waals surface area (Å²) in [6.07, 6.45) is 2.81. The van der Waals surface area contributed by atoms with E-state index >= 15 is 0 Å². The van der Waals surface area contributed by atoms with Crippen molar-refractivity contribution in [2.24, 2.45) is 0 Å². The third-order valence-electron chi connectivity index (χ3n) is 1.86. The van der Waals surface area contributed by atoms with Crippen molar-refractivity contribution in [2.75, 3.05) is 11.1 Å². The van der Waals surface area contributed by atoms with Crippen LogP contribution in [0.15, 0.2) is 36.5 Å². The molecule has 1 N–H and O–H groups in total. The predicted octanol–water partition coefficient (Wildman–Crippen LogP) is 1.14. The molecule has 0 amide bonds. The fourth-order valence-corrected chi connectivity index (χ4v) is 1.86. The molecule has 0 bridgehead atoms. The highest BCUT2D eigenvalue weighted by atomic mass is 32.2. The summed E-state index contributed by atoms with van der Waals surface area (Å²) < 4.78 is 23.5. The Morgan fingerprint density at radius 2 is 1.93 bits per heavy atom. The van der Waals surface area contributed by atoms with Crippen LogP contribution in [0.1, 0.15) is 0 Å². The smallest absolute Gasteiger partial charge is 0.243 e. The maximum atomic E-state index is 11.0. The van der Waals surface area contributed by atoms with Gasteiger partial charge in [0.05, 0.1) is 11.8 Å². The first-order valence-electron chi connectivity index (χ1n) is 4.10. The fraction of sp³-hybridized carbons (Fsp3) is 0.111. The van der Waals surface area contributed by atoms with Gasteiger partial charge in [0.2, 0.25) is 10.0 Å². The van der Waals surface area contributed by atoms with E-state index in [0.29, 0.717) is 0 Å². The van der Waals surface area contributed by atoms with Crippen molar-refractivity contribution in [3.63, 3.8) is 0 Å². The molecule has 2 rings (SSSR count). The molecule has 0 aliphatic heterocycles. The average molecular weight is 210 g/mol. The van der Waals surface area contributed by atoms with Crippen LogP contribution in [0.4, 0.5) is 0 Å². The van der Waals surface area contributed by atoms with Gasteiger partial charge in [-0.3, -0.25) is 4.68 Å². The van der Waals surface area contributed by atoms with E-state index in [-0.39, 0.29) is 0 Å². The molecule has 0 radical (unpaired) electrons. The largest absolute Gasteiger partial charge is 0.254 e. The lowest BCUT2D eigenvalue weighted by Crippen LogP contribution is -2.20. The zero-order valence-electron chi connectivity index (χ0n) is 7.64. The van der Waals surface area contributed by atoms with Crippen LogP contribution < -0.4 is 4.83 Å². The summed E-state index contributed by atoms with van der Waals surface area (Å²) in [5.74, 6) is 0. The molecule has 5 heteroatoms. The number of sulfonamides is 1. The first kappa shape index (κ1) is 9.08. The van der Waals surface area contributed by atoms with Crippen LogP contribution in [0.25, 0.3) is 10.9 Å². The number of rotatable bonds is 2. The molecule has 0 unspecified atom stereocenters.